The Morgan fingerprint density at radius 3 is 2.41 bits per heavy atom. The Morgan fingerprint density at radius 1 is 1.15 bits per heavy atom. The van der Waals surface area contributed by atoms with Crippen LogP contribution in [-0.2, 0) is 19.8 Å². The number of ether oxygens (including phenoxy) is 1. The molecule has 180 valence electrons. The van der Waals surface area contributed by atoms with E-state index >= 15 is 0 Å². The fourth-order valence-corrected chi connectivity index (χ4v) is 5.61. The average molecular weight is 483 g/mol. The number of halogens is 1. The minimum absolute atomic E-state index is 0.0391. The highest BCUT2D eigenvalue weighted by Crippen LogP contribution is 2.45. The summed E-state index contributed by atoms with van der Waals surface area (Å²) in [6.45, 7) is 1.94. The Bertz CT molecular complexity index is 1080. The van der Waals surface area contributed by atoms with E-state index in [-0.39, 0.29) is 42.6 Å². The third kappa shape index (κ3) is 4.31. The van der Waals surface area contributed by atoms with Gasteiger partial charge in [0.2, 0.25) is 17.7 Å². The van der Waals surface area contributed by atoms with E-state index in [0.29, 0.717) is 10.6 Å². The molecule has 0 radical (unpaired) electrons. The Hall–Kier alpha value is -2.86. The van der Waals surface area contributed by atoms with E-state index < -0.39 is 5.41 Å². The summed E-state index contributed by atoms with van der Waals surface area (Å²) in [5.74, 6) is 0.0224. The number of likely N-dealkylation sites (tertiary alicyclic amines) is 1. The van der Waals surface area contributed by atoms with Gasteiger partial charge in [0.05, 0.1) is 18.6 Å². The first-order valence-corrected chi connectivity index (χ1v) is 12.2. The summed E-state index contributed by atoms with van der Waals surface area (Å²) in [5, 5.41) is 0.399. The zero-order valence-electron chi connectivity index (χ0n) is 19.9. The third-order valence-corrected chi connectivity index (χ3v) is 7.78. The molecule has 2 aliphatic rings. The molecular weight excluding hydrogens is 452 g/mol. The van der Waals surface area contributed by atoms with E-state index in [9.17, 15) is 14.4 Å². The van der Waals surface area contributed by atoms with Crippen LogP contribution in [0.25, 0.3) is 0 Å². The number of carbonyl (C=O) groups is 3. The molecule has 1 aliphatic heterocycles. The van der Waals surface area contributed by atoms with Crippen LogP contribution >= 0.6 is 11.6 Å². The van der Waals surface area contributed by atoms with Gasteiger partial charge in [-0.25, -0.2) is 0 Å². The van der Waals surface area contributed by atoms with Crippen LogP contribution in [0.1, 0.15) is 62.6 Å². The Kier molecular flexibility index (Phi) is 6.99. The highest BCUT2D eigenvalue weighted by molar-refractivity contribution is 6.32. The normalized spacial score (nSPS) is 21.7. The summed E-state index contributed by atoms with van der Waals surface area (Å²) in [6, 6.07) is 14.3. The van der Waals surface area contributed by atoms with Crippen LogP contribution in [-0.4, -0.2) is 47.7 Å². The predicted octanol–water partition coefficient (Wildman–Crippen LogP) is 4.90. The molecule has 34 heavy (non-hydrogen) atoms. The van der Waals surface area contributed by atoms with E-state index in [4.69, 9.17) is 16.3 Å². The van der Waals surface area contributed by atoms with Crippen LogP contribution in [0.15, 0.2) is 48.5 Å². The third-order valence-electron chi connectivity index (χ3n) is 7.45. The van der Waals surface area contributed by atoms with Crippen LogP contribution in [0.4, 0.5) is 0 Å². The lowest BCUT2D eigenvalue weighted by Gasteiger charge is -2.33. The van der Waals surface area contributed by atoms with Gasteiger partial charge in [-0.1, -0.05) is 54.8 Å². The second-order valence-electron chi connectivity index (χ2n) is 9.38. The first-order valence-electron chi connectivity index (χ1n) is 11.8. The second kappa shape index (κ2) is 9.79. The van der Waals surface area contributed by atoms with Crippen LogP contribution in [0, 0.1) is 0 Å². The molecule has 2 fully saturated rings. The molecule has 0 bridgehead atoms. The van der Waals surface area contributed by atoms with Crippen molar-refractivity contribution in [2.75, 3.05) is 14.2 Å². The van der Waals surface area contributed by atoms with Gasteiger partial charge in [0.1, 0.15) is 5.75 Å². The number of amides is 3. The lowest BCUT2D eigenvalue weighted by molar-refractivity contribution is -0.144. The zero-order valence-corrected chi connectivity index (χ0v) is 20.7. The summed E-state index contributed by atoms with van der Waals surface area (Å²) >= 11 is 6.55. The minimum Gasteiger partial charge on any atom is -0.497 e. The first kappa shape index (κ1) is 24.3. The topological polar surface area (TPSA) is 66.9 Å². The number of carbonyl (C=O) groups excluding carboxylic acids is 3. The minimum atomic E-state index is -1.29. The Balaban J connectivity index is 1.65. The van der Waals surface area contributed by atoms with Crippen LogP contribution in [0.2, 0.25) is 5.02 Å². The number of hydrogen-bond acceptors (Lipinski definition) is 4. The number of methoxy groups -OCH3 is 1. The molecule has 1 saturated carbocycles. The Labute approximate surface area is 205 Å². The maximum atomic E-state index is 13.9. The maximum Gasteiger partial charge on any atom is 0.241 e. The number of rotatable bonds is 7. The van der Waals surface area contributed by atoms with Gasteiger partial charge in [0, 0.05) is 31.0 Å². The van der Waals surface area contributed by atoms with Crippen molar-refractivity contribution in [2.24, 2.45) is 0 Å². The van der Waals surface area contributed by atoms with Crippen LogP contribution in [0.5, 0.6) is 5.75 Å². The van der Waals surface area contributed by atoms with Gasteiger partial charge in [-0.15, -0.1) is 0 Å². The largest absolute Gasteiger partial charge is 0.497 e. The van der Waals surface area contributed by atoms with Crippen molar-refractivity contribution in [2.45, 2.75) is 62.9 Å². The molecule has 2 aromatic carbocycles. The van der Waals surface area contributed by atoms with Gasteiger partial charge in [0.25, 0.3) is 0 Å². The monoisotopic (exact) mass is 482 g/mol. The van der Waals surface area contributed by atoms with E-state index in [0.717, 1.165) is 37.0 Å². The summed E-state index contributed by atoms with van der Waals surface area (Å²) in [5.41, 5.74) is 0.211. The summed E-state index contributed by atoms with van der Waals surface area (Å²) in [4.78, 5) is 43.7. The molecule has 0 aromatic heterocycles. The number of imide groups is 1. The molecular formula is C27H31ClN2O4. The average Bonchev–Trinajstić information content (AvgIpc) is 3.45. The van der Waals surface area contributed by atoms with Gasteiger partial charge in [-0.05, 0) is 49.1 Å². The molecule has 1 saturated heterocycles. The molecule has 2 aromatic rings. The number of nitrogens with zero attached hydrogens (tertiary/aromatic N) is 2. The molecule has 3 amide bonds. The number of benzene rings is 2. The van der Waals surface area contributed by atoms with E-state index in [1.165, 1.54) is 4.90 Å². The molecule has 6 nitrogen and oxygen atoms in total. The van der Waals surface area contributed by atoms with Gasteiger partial charge in [0.15, 0.2) is 0 Å². The highest BCUT2D eigenvalue weighted by Gasteiger charge is 2.56. The van der Waals surface area contributed by atoms with Crippen molar-refractivity contribution in [3.05, 3.63) is 64.7 Å². The van der Waals surface area contributed by atoms with Crippen molar-refractivity contribution in [1.29, 1.82) is 0 Å². The van der Waals surface area contributed by atoms with Crippen molar-refractivity contribution >= 4 is 29.3 Å². The molecule has 7 heteroatoms. The summed E-state index contributed by atoms with van der Waals surface area (Å²) < 4.78 is 5.23. The standard InChI is InChI=1S/C27H31ClN2O4/c1-18(19-12-14-21(34-3)15-13-19)29(2)24(31)16-27(22-10-6-7-11-23(22)28)17-25(32)30(26(27)33)20-8-4-5-9-20/h6-7,10-15,18,20H,4-5,8-9,16-17H2,1-3H3/t18-,27+/m1/s1. The van der Waals surface area contributed by atoms with Crippen LogP contribution in [0.3, 0.4) is 0 Å². The SMILES string of the molecule is COc1ccc([C@@H](C)N(C)C(=O)C[C@@]2(c3ccccc3Cl)CC(=O)N(C3CCCC3)C2=O)cc1. The van der Waals surface area contributed by atoms with Gasteiger partial charge in [-0.3, -0.25) is 19.3 Å². The van der Waals surface area contributed by atoms with Crippen molar-refractivity contribution in [3.8, 4) is 5.75 Å². The lowest BCUT2D eigenvalue weighted by Crippen LogP contribution is -2.45. The molecule has 0 N–H and O–H groups in total. The fourth-order valence-electron chi connectivity index (χ4n) is 5.29. The predicted molar refractivity (Wildman–Crippen MR) is 131 cm³/mol. The second-order valence-corrected chi connectivity index (χ2v) is 9.78. The van der Waals surface area contributed by atoms with Gasteiger partial charge < -0.3 is 9.64 Å². The van der Waals surface area contributed by atoms with Crippen molar-refractivity contribution in [3.63, 3.8) is 0 Å². The number of hydrogen-bond donors (Lipinski definition) is 0. The quantitative estimate of drug-likeness (QED) is 0.526. The van der Waals surface area contributed by atoms with Gasteiger partial charge >= 0.3 is 0 Å². The molecule has 0 unspecified atom stereocenters. The summed E-state index contributed by atoms with van der Waals surface area (Å²) in [6.07, 6.45) is 3.49. The fraction of sp³-hybridized carbons (Fsp3) is 0.444. The first-order chi connectivity index (χ1) is 16.3. The van der Waals surface area contributed by atoms with Crippen molar-refractivity contribution in [1.82, 2.24) is 9.80 Å². The molecule has 1 heterocycles. The zero-order chi connectivity index (χ0) is 24.5. The van der Waals surface area contributed by atoms with Crippen LogP contribution < -0.4 is 4.74 Å². The van der Waals surface area contributed by atoms with Crippen molar-refractivity contribution < 1.29 is 19.1 Å². The molecule has 4 rings (SSSR count). The molecule has 2 atom stereocenters. The summed E-state index contributed by atoms with van der Waals surface area (Å²) in [7, 11) is 3.34. The molecule has 1 aliphatic carbocycles. The van der Waals surface area contributed by atoms with Gasteiger partial charge in [-0.2, -0.15) is 0 Å². The lowest BCUT2D eigenvalue weighted by atomic mass is 9.75. The van der Waals surface area contributed by atoms with E-state index in [1.807, 2.05) is 31.2 Å². The Morgan fingerprint density at radius 2 is 1.79 bits per heavy atom. The van der Waals surface area contributed by atoms with E-state index in [2.05, 4.69) is 0 Å². The highest BCUT2D eigenvalue weighted by atomic mass is 35.5. The molecule has 0 spiro atoms. The van der Waals surface area contributed by atoms with E-state index in [1.54, 1.807) is 43.3 Å². The smallest absolute Gasteiger partial charge is 0.241 e. The maximum absolute atomic E-state index is 13.9.